The lowest BCUT2D eigenvalue weighted by molar-refractivity contribution is 0.0953. The summed E-state index contributed by atoms with van der Waals surface area (Å²) in [7, 11) is 0. The summed E-state index contributed by atoms with van der Waals surface area (Å²) >= 11 is 9.24. The third-order valence-corrected chi connectivity index (χ3v) is 3.45. The maximum absolute atomic E-state index is 12.0. The number of halogens is 2. The molecule has 0 unspecified atom stereocenters. The maximum Gasteiger partial charge on any atom is 0.251 e. The number of carbonyl (C=O) groups excluding carboxylic acids is 1. The third-order valence-electron chi connectivity index (χ3n) is 2.78. The molecule has 0 saturated carbocycles. The monoisotopic (exact) mass is 352 g/mol. The fraction of sp³-hybridized carbons (Fsp3) is 0.200. The Kier molecular flexibility index (Phi) is 5.56. The van der Waals surface area contributed by atoms with Crippen molar-refractivity contribution in [2.75, 3.05) is 6.54 Å². The molecule has 0 aliphatic carbocycles. The Bertz CT molecular complexity index is 569. The second-order valence-corrected chi connectivity index (χ2v) is 5.73. The quantitative estimate of drug-likeness (QED) is 0.829. The van der Waals surface area contributed by atoms with Gasteiger partial charge in [0.25, 0.3) is 5.91 Å². The minimum atomic E-state index is -0.112. The highest BCUT2D eigenvalue weighted by Crippen LogP contribution is 2.19. The highest BCUT2D eigenvalue weighted by Gasteiger charge is 2.06. The van der Waals surface area contributed by atoms with Crippen molar-refractivity contribution in [2.45, 2.75) is 12.8 Å². The van der Waals surface area contributed by atoms with Gasteiger partial charge < -0.3 is 5.32 Å². The molecule has 0 atom stereocenters. The minimum absolute atomic E-state index is 0.112. The zero-order valence-electron chi connectivity index (χ0n) is 10.8. The van der Waals surface area contributed by atoms with Crippen molar-refractivity contribution < 1.29 is 4.79 Å². The van der Waals surface area contributed by atoms with Crippen molar-refractivity contribution in [1.82, 2.24) is 10.3 Å². The maximum atomic E-state index is 12.0. The Hall–Kier alpha value is -1.39. The van der Waals surface area contributed by atoms with Gasteiger partial charge in [-0.1, -0.05) is 33.6 Å². The van der Waals surface area contributed by atoms with Gasteiger partial charge in [0.05, 0.1) is 0 Å². The molecule has 1 heterocycles. The van der Waals surface area contributed by atoms with Crippen molar-refractivity contribution in [3.8, 4) is 0 Å². The Morgan fingerprint density at radius 2 is 2.20 bits per heavy atom. The van der Waals surface area contributed by atoms with E-state index >= 15 is 0 Å². The predicted octanol–water partition coefficient (Wildman–Crippen LogP) is 3.86. The molecule has 0 saturated heterocycles. The van der Waals surface area contributed by atoms with Crippen LogP contribution in [0.15, 0.2) is 47.2 Å². The largest absolute Gasteiger partial charge is 0.352 e. The second-order valence-electron chi connectivity index (χ2n) is 4.38. The van der Waals surface area contributed by atoms with E-state index in [2.05, 4.69) is 26.2 Å². The number of hydrogen-bond donors (Lipinski definition) is 1. The lowest BCUT2D eigenvalue weighted by Gasteiger charge is -2.06. The molecule has 1 amide bonds. The third kappa shape index (κ3) is 4.62. The van der Waals surface area contributed by atoms with Crippen LogP contribution in [-0.2, 0) is 6.42 Å². The number of pyridine rings is 1. The van der Waals surface area contributed by atoms with Crippen LogP contribution in [0.4, 0.5) is 0 Å². The number of aryl methyl sites for hydroxylation is 1. The van der Waals surface area contributed by atoms with Crippen molar-refractivity contribution in [1.29, 1.82) is 0 Å². The Morgan fingerprint density at radius 1 is 1.35 bits per heavy atom. The van der Waals surface area contributed by atoms with Gasteiger partial charge in [-0.3, -0.25) is 9.78 Å². The number of rotatable bonds is 5. The van der Waals surface area contributed by atoms with E-state index in [4.69, 9.17) is 11.6 Å². The molecule has 1 N–H and O–H groups in total. The summed E-state index contributed by atoms with van der Waals surface area (Å²) in [6.45, 7) is 0.623. The fourth-order valence-electron chi connectivity index (χ4n) is 1.83. The van der Waals surface area contributed by atoms with Gasteiger partial charge in [0.2, 0.25) is 0 Å². The molecule has 3 nitrogen and oxygen atoms in total. The van der Waals surface area contributed by atoms with E-state index in [9.17, 15) is 4.79 Å². The lowest BCUT2D eigenvalue weighted by atomic mass is 10.1. The molecule has 0 aliphatic heterocycles. The van der Waals surface area contributed by atoms with Crippen LogP contribution < -0.4 is 5.32 Å². The number of nitrogens with zero attached hydrogens (tertiary/aromatic N) is 1. The normalized spacial score (nSPS) is 10.3. The second kappa shape index (κ2) is 7.41. The molecule has 0 spiro atoms. The van der Waals surface area contributed by atoms with Crippen LogP contribution in [0.25, 0.3) is 0 Å². The summed E-state index contributed by atoms with van der Waals surface area (Å²) in [5, 5.41) is 3.43. The van der Waals surface area contributed by atoms with Gasteiger partial charge in [0.15, 0.2) is 0 Å². The number of amides is 1. The van der Waals surface area contributed by atoms with E-state index < -0.39 is 0 Å². The number of hydrogen-bond acceptors (Lipinski definition) is 2. The minimum Gasteiger partial charge on any atom is -0.352 e. The first-order valence-corrected chi connectivity index (χ1v) is 7.45. The van der Waals surface area contributed by atoms with E-state index in [0.29, 0.717) is 17.1 Å². The van der Waals surface area contributed by atoms with Gasteiger partial charge in [-0.2, -0.15) is 0 Å². The van der Waals surface area contributed by atoms with Crippen molar-refractivity contribution >= 4 is 33.4 Å². The zero-order valence-corrected chi connectivity index (χ0v) is 13.1. The molecule has 5 heteroatoms. The smallest absolute Gasteiger partial charge is 0.251 e. The Labute approximate surface area is 131 Å². The average Bonchev–Trinajstić information content (AvgIpc) is 2.43. The van der Waals surface area contributed by atoms with Gasteiger partial charge in [-0.15, -0.1) is 0 Å². The van der Waals surface area contributed by atoms with Crippen molar-refractivity contribution in [3.63, 3.8) is 0 Å². The molecule has 0 fully saturated rings. The number of benzene rings is 1. The van der Waals surface area contributed by atoms with Crippen LogP contribution in [0, 0.1) is 0 Å². The predicted molar refractivity (Wildman–Crippen MR) is 84.0 cm³/mol. The first-order chi connectivity index (χ1) is 9.65. The first kappa shape index (κ1) is 15.0. The topological polar surface area (TPSA) is 42.0 Å². The van der Waals surface area contributed by atoms with Crippen LogP contribution in [0.5, 0.6) is 0 Å². The SMILES string of the molecule is O=C(NCCCc1cccnc1)c1cc(Cl)cc(Br)c1. The molecule has 0 radical (unpaired) electrons. The molecule has 1 aromatic heterocycles. The summed E-state index contributed by atoms with van der Waals surface area (Å²) < 4.78 is 0.797. The van der Waals surface area contributed by atoms with E-state index in [0.717, 1.165) is 17.3 Å². The number of aromatic nitrogens is 1. The van der Waals surface area contributed by atoms with Gasteiger partial charge in [0, 0.05) is 34.0 Å². The van der Waals surface area contributed by atoms with Gasteiger partial charge in [0.1, 0.15) is 0 Å². The molecular weight excluding hydrogens is 340 g/mol. The Balaban J connectivity index is 1.80. The molecule has 2 rings (SSSR count). The summed E-state index contributed by atoms with van der Waals surface area (Å²) in [4.78, 5) is 16.0. The number of nitrogens with one attached hydrogen (secondary N) is 1. The van der Waals surface area contributed by atoms with Crippen molar-refractivity contribution in [2.24, 2.45) is 0 Å². The summed E-state index contributed by atoms with van der Waals surface area (Å²) in [5.74, 6) is -0.112. The molecule has 0 bridgehead atoms. The van der Waals surface area contributed by atoms with Gasteiger partial charge in [-0.25, -0.2) is 0 Å². The van der Waals surface area contributed by atoms with Gasteiger partial charge >= 0.3 is 0 Å². The summed E-state index contributed by atoms with van der Waals surface area (Å²) in [5.41, 5.74) is 1.73. The highest BCUT2D eigenvalue weighted by molar-refractivity contribution is 9.10. The summed E-state index contributed by atoms with van der Waals surface area (Å²) in [6.07, 6.45) is 5.37. The fourth-order valence-corrected chi connectivity index (χ4v) is 2.69. The Morgan fingerprint density at radius 3 is 2.90 bits per heavy atom. The van der Waals surface area contributed by atoms with Crippen LogP contribution in [0.1, 0.15) is 22.3 Å². The highest BCUT2D eigenvalue weighted by atomic mass is 79.9. The lowest BCUT2D eigenvalue weighted by Crippen LogP contribution is -2.24. The van der Waals surface area contributed by atoms with Crippen LogP contribution in [0.3, 0.4) is 0 Å². The molecule has 20 heavy (non-hydrogen) atoms. The number of carbonyl (C=O) groups is 1. The average molecular weight is 354 g/mol. The molecular formula is C15H14BrClN2O. The first-order valence-electron chi connectivity index (χ1n) is 6.28. The molecule has 2 aromatic rings. The molecule has 0 aliphatic rings. The van der Waals surface area contributed by atoms with Crippen molar-refractivity contribution in [3.05, 3.63) is 63.3 Å². The van der Waals surface area contributed by atoms with E-state index in [1.807, 2.05) is 18.3 Å². The molecule has 104 valence electrons. The molecule has 1 aromatic carbocycles. The van der Waals surface area contributed by atoms with Gasteiger partial charge in [-0.05, 0) is 42.7 Å². The van der Waals surface area contributed by atoms with E-state index in [1.54, 1.807) is 24.4 Å². The van der Waals surface area contributed by atoms with Crippen LogP contribution in [0.2, 0.25) is 5.02 Å². The standard InChI is InChI=1S/C15H14BrClN2O/c16-13-7-12(8-14(17)9-13)15(20)19-6-2-4-11-3-1-5-18-10-11/h1,3,5,7-10H,2,4,6H2,(H,19,20). The zero-order chi connectivity index (χ0) is 14.4. The van der Waals surface area contributed by atoms with Crippen LogP contribution >= 0.6 is 27.5 Å². The van der Waals surface area contributed by atoms with E-state index in [1.165, 1.54) is 5.56 Å². The van der Waals surface area contributed by atoms with Crippen LogP contribution in [-0.4, -0.2) is 17.4 Å². The van der Waals surface area contributed by atoms with E-state index in [-0.39, 0.29) is 5.91 Å². The summed E-state index contributed by atoms with van der Waals surface area (Å²) in [6, 6.07) is 9.10.